The molecule has 1 aliphatic heterocycles. The molecule has 0 radical (unpaired) electrons. The van der Waals surface area contributed by atoms with Gasteiger partial charge < -0.3 is 10.2 Å². The number of rotatable bonds is 5. The lowest BCUT2D eigenvalue weighted by atomic mass is 10.0. The normalized spacial score (nSPS) is 16.5. The number of hydrogen-bond acceptors (Lipinski definition) is 4. The van der Waals surface area contributed by atoms with Crippen LogP contribution in [-0.4, -0.2) is 51.2 Å². The van der Waals surface area contributed by atoms with Crippen LogP contribution in [0.1, 0.15) is 30.1 Å². The van der Waals surface area contributed by atoms with Crippen molar-refractivity contribution in [2.45, 2.75) is 25.8 Å². The molecule has 1 amide bonds. The SMILES string of the molecule is CCS(=O)(=O)Nc1ccccc1C(=O)N1CCC(NC)CC1. The van der Waals surface area contributed by atoms with Gasteiger partial charge in [0.15, 0.2) is 0 Å². The van der Waals surface area contributed by atoms with Crippen LogP contribution < -0.4 is 10.0 Å². The molecule has 0 bridgehead atoms. The zero-order valence-corrected chi connectivity index (χ0v) is 13.8. The average molecular weight is 325 g/mol. The van der Waals surface area contributed by atoms with Crippen LogP contribution in [0.4, 0.5) is 5.69 Å². The minimum absolute atomic E-state index is 0.0247. The van der Waals surface area contributed by atoms with Crippen molar-refractivity contribution in [1.82, 2.24) is 10.2 Å². The van der Waals surface area contributed by atoms with Crippen LogP contribution in [0.15, 0.2) is 24.3 Å². The highest BCUT2D eigenvalue weighted by Gasteiger charge is 2.24. The second kappa shape index (κ2) is 7.11. The highest BCUT2D eigenvalue weighted by molar-refractivity contribution is 7.92. The first kappa shape index (κ1) is 16.8. The van der Waals surface area contributed by atoms with E-state index >= 15 is 0 Å². The van der Waals surface area contributed by atoms with Gasteiger partial charge in [-0.25, -0.2) is 8.42 Å². The molecule has 2 N–H and O–H groups in total. The van der Waals surface area contributed by atoms with Crippen molar-refractivity contribution >= 4 is 21.6 Å². The Morgan fingerprint density at radius 2 is 1.91 bits per heavy atom. The van der Waals surface area contributed by atoms with E-state index in [0.29, 0.717) is 30.4 Å². The van der Waals surface area contributed by atoms with Crippen molar-refractivity contribution in [2.75, 3.05) is 30.6 Å². The molecule has 2 rings (SSSR count). The maximum Gasteiger partial charge on any atom is 0.255 e. The van der Waals surface area contributed by atoms with Crippen LogP contribution in [0.2, 0.25) is 0 Å². The van der Waals surface area contributed by atoms with E-state index in [1.165, 1.54) is 0 Å². The Bertz CT molecular complexity index is 623. The molecule has 7 heteroatoms. The van der Waals surface area contributed by atoms with Crippen LogP contribution in [0.3, 0.4) is 0 Å². The van der Waals surface area contributed by atoms with E-state index in [9.17, 15) is 13.2 Å². The van der Waals surface area contributed by atoms with E-state index in [2.05, 4.69) is 10.0 Å². The molecule has 0 saturated carbocycles. The Labute approximate surface area is 131 Å². The van der Waals surface area contributed by atoms with Gasteiger partial charge in [0.2, 0.25) is 10.0 Å². The number of piperidine rings is 1. The van der Waals surface area contributed by atoms with Crippen LogP contribution in [0.25, 0.3) is 0 Å². The predicted molar refractivity (Wildman–Crippen MR) is 87.5 cm³/mol. The van der Waals surface area contributed by atoms with E-state index in [1.54, 1.807) is 36.1 Å². The number of benzene rings is 1. The number of nitrogens with zero attached hydrogens (tertiary/aromatic N) is 1. The number of nitrogens with one attached hydrogen (secondary N) is 2. The summed E-state index contributed by atoms with van der Waals surface area (Å²) < 4.78 is 26.0. The fourth-order valence-corrected chi connectivity index (χ4v) is 3.20. The van der Waals surface area contributed by atoms with Crippen LogP contribution in [0.5, 0.6) is 0 Å². The van der Waals surface area contributed by atoms with E-state index in [-0.39, 0.29) is 11.7 Å². The van der Waals surface area contributed by atoms with Gasteiger partial charge >= 0.3 is 0 Å². The molecule has 1 heterocycles. The molecule has 22 heavy (non-hydrogen) atoms. The van der Waals surface area contributed by atoms with Gasteiger partial charge in [-0.15, -0.1) is 0 Å². The molecule has 0 atom stereocenters. The summed E-state index contributed by atoms with van der Waals surface area (Å²) in [4.78, 5) is 14.4. The number of sulfonamides is 1. The summed E-state index contributed by atoms with van der Waals surface area (Å²) in [6.45, 7) is 2.92. The predicted octanol–water partition coefficient (Wildman–Crippen LogP) is 1.27. The molecular formula is C15H23N3O3S. The summed E-state index contributed by atoms with van der Waals surface area (Å²) in [5.41, 5.74) is 0.757. The fourth-order valence-electron chi connectivity index (χ4n) is 2.54. The maximum absolute atomic E-state index is 12.7. The Kier molecular flexibility index (Phi) is 5.42. The number of hydrogen-bond donors (Lipinski definition) is 2. The van der Waals surface area contributed by atoms with Gasteiger partial charge in [-0.3, -0.25) is 9.52 Å². The largest absolute Gasteiger partial charge is 0.338 e. The third-order valence-corrected chi connectivity index (χ3v) is 5.28. The second-order valence-corrected chi connectivity index (χ2v) is 7.42. The smallest absolute Gasteiger partial charge is 0.255 e. The number of para-hydroxylation sites is 1. The van der Waals surface area contributed by atoms with E-state index in [1.807, 2.05) is 7.05 Å². The third kappa shape index (κ3) is 3.98. The number of amides is 1. The molecule has 1 aromatic rings. The summed E-state index contributed by atoms with van der Waals surface area (Å²) in [5.74, 6) is -0.146. The second-order valence-electron chi connectivity index (χ2n) is 5.41. The molecule has 1 fully saturated rings. The van der Waals surface area contributed by atoms with Gasteiger partial charge in [-0.05, 0) is 38.9 Å². The minimum atomic E-state index is -3.40. The van der Waals surface area contributed by atoms with Crippen molar-refractivity contribution in [2.24, 2.45) is 0 Å². The van der Waals surface area contributed by atoms with Crippen molar-refractivity contribution in [3.63, 3.8) is 0 Å². The third-order valence-electron chi connectivity index (χ3n) is 3.99. The standard InChI is InChI=1S/C15H23N3O3S/c1-3-22(20,21)17-14-7-5-4-6-13(14)15(19)18-10-8-12(16-2)9-11-18/h4-7,12,16-17H,3,8-11H2,1-2H3. The van der Waals surface area contributed by atoms with Crippen LogP contribution in [0, 0.1) is 0 Å². The van der Waals surface area contributed by atoms with Gasteiger partial charge in [0.25, 0.3) is 5.91 Å². The molecule has 6 nitrogen and oxygen atoms in total. The summed E-state index contributed by atoms with van der Waals surface area (Å²) in [5, 5.41) is 3.22. The summed E-state index contributed by atoms with van der Waals surface area (Å²) >= 11 is 0. The van der Waals surface area contributed by atoms with Crippen molar-refractivity contribution in [1.29, 1.82) is 0 Å². The van der Waals surface area contributed by atoms with E-state index in [4.69, 9.17) is 0 Å². The fraction of sp³-hybridized carbons (Fsp3) is 0.533. The highest BCUT2D eigenvalue weighted by Crippen LogP contribution is 2.21. The van der Waals surface area contributed by atoms with Gasteiger partial charge in [-0.1, -0.05) is 12.1 Å². The Morgan fingerprint density at radius 1 is 1.27 bits per heavy atom. The number of likely N-dealkylation sites (tertiary alicyclic amines) is 1. The molecule has 0 unspecified atom stereocenters. The molecule has 0 spiro atoms. The lowest BCUT2D eigenvalue weighted by Crippen LogP contribution is -2.44. The van der Waals surface area contributed by atoms with E-state index < -0.39 is 10.0 Å². The van der Waals surface area contributed by atoms with Gasteiger partial charge in [0, 0.05) is 19.1 Å². The summed E-state index contributed by atoms with van der Waals surface area (Å²) in [6, 6.07) is 7.20. The van der Waals surface area contributed by atoms with Crippen molar-refractivity contribution < 1.29 is 13.2 Å². The number of carbonyl (C=O) groups is 1. The topological polar surface area (TPSA) is 78.5 Å². The molecular weight excluding hydrogens is 302 g/mol. The Balaban J connectivity index is 2.17. The first-order valence-corrected chi connectivity index (χ1v) is 9.18. The van der Waals surface area contributed by atoms with Crippen LogP contribution >= 0.6 is 0 Å². The maximum atomic E-state index is 12.7. The summed E-state index contributed by atoms with van der Waals surface area (Å²) in [7, 11) is -1.48. The number of anilines is 1. The average Bonchev–Trinajstić information content (AvgIpc) is 2.54. The lowest BCUT2D eigenvalue weighted by molar-refractivity contribution is 0.0708. The van der Waals surface area contributed by atoms with Gasteiger partial charge in [0.05, 0.1) is 17.0 Å². The molecule has 1 aliphatic rings. The van der Waals surface area contributed by atoms with Crippen molar-refractivity contribution in [3.05, 3.63) is 29.8 Å². The molecule has 1 saturated heterocycles. The first-order chi connectivity index (χ1) is 10.5. The monoisotopic (exact) mass is 325 g/mol. The van der Waals surface area contributed by atoms with Gasteiger partial charge in [-0.2, -0.15) is 0 Å². The zero-order chi connectivity index (χ0) is 16.2. The highest BCUT2D eigenvalue weighted by atomic mass is 32.2. The zero-order valence-electron chi connectivity index (χ0n) is 13.0. The van der Waals surface area contributed by atoms with E-state index in [0.717, 1.165) is 12.8 Å². The first-order valence-electron chi connectivity index (χ1n) is 7.53. The minimum Gasteiger partial charge on any atom is -0.338 e. The molecule has 0 aromatic heterocycles. The Morgan fingerprint density at radius 3 is 2.50 bits per heavy atom. The Hall–Kier alpha value is -1.60. The van der Waals surface area contributed by atoms with Gasteiger partial charge in [0.1, 0.15) is 0 Å². The lowest BCUT2D eigenvalue weighted by Gasteiger charge is -2.32. The molecule has 1 aromatic carbocycles. The quantitative estimate of drug-likeness (QED) is 0.854. The summed E-state index contributed by atoms with van der Waals surface area (Å²) in [6.07, 6.45) is 1.82. The van der Waals surface area contributed by atoms with Crippen molar-refractivity contribution in [3.8, 4) is 0 Å². The molecule has 0 aliphatic carbocycles. The van der Waals surface area contributed by atoms with Crippen LogP contribution in [-0.2, 0) is 10.0 Å². The molecule has 122 valence electrons. The number of carbonyl (C=O) groups excluding carboxylic acids is 1.